The highest BCUT2D eigenvalue weighted by Gasteiger charge is 2.43. The number of hydrogen-bond acceptors (Lipinski definition) is 5. The van der Waals surface area contributed by atoms with Crippen LogP contribution in [0.4, 0.5) is 11.4 Å². The van der Waals surface area contributed by atoms with Gasteiger partial charge in [-0.05, 0) is 45.0 Å². The van der Waals surface area contributed by atoms with Crippen LogP contribution in [0.15, 0.2) is 59.5 Å². The molecule has 2 aromatic rings. The Balaban J connectivity index is 1.68. The van der Waals surface area contributed by atoms with E-state index in [0.717, 1.165) is 4.90 Å². The molecule has 0 radical (unpaired) electrons. The monoisotopic (exact) mass is 398 g/mol. The molecule has 1 heterocycles. The van der Waals surface area contributed by atoms with Crippen LogP contribution in [0.5, 0.6) is 0 Å². The molecule has 146 valence electrons. The highest BCUT2D eigenvalue weighted by atomic mass is 32.2. The van der Waals surface area contributed by atoms with Crippen molar-refractivity contribution >= 4 is 40.9 Å². The van der Waals surface area contributed by atoms with E-state index in [1.807, 2.05) is 30.3 Å². The summed E-state index contributed by atoms with van der Waals surface area (Å²) in [5.41, 5.74) is 0.0433. The number of thioether (sulfide) groups is 1. The fraction of sp³-hybridized carbons (Fsp3) is 0.286. The first-order chi connectivity index (χ1) is 13.3. The largest absolute Gasteiger partial charge is 0.455 e. The number of rotatable bonds is 5. The van der Waals surface area contributed by atoms with E-state index in [4.69, 9.17) is 4.74 Å². The molecule has 2 aromatic carbocycles. The molecule has 1 aliphatic rings. The Morgan fingerprint density at radius 1 is 1.11 bits per heavy atom. The van der Waals surface area contributed by atoms with Crippen molar-refractivity contribution in [3.05, 3.63) is 54.6 Å². The number of benzene rings is 2. The summed E-state index contributed by atoms with van der Waals surface area (Å²) < 4.78 is 5.25. The molecule has 0 saturated carbocycles. The van der Waals surface area contributed by atoms with Gasteiger partial charge in [0.2, 0.25) is 5.91 Å². The van der Waals surface area contributed by atoms with Gasteiger partial charge in [0.25, 0.3) is 5.91 Å². The highest BCUT2D eigenvalue weighted by Crippen LogP contribution is 2.36. The Morgan fingerprint density at radius 3 is 2.46 bits per heavy atom. The zero-order valence-corrected chi connectivity index (χ0v) is 16.8. The minimum absolute atomic E-state index is 0.293. The molecular formula is C21H22N2O4S. The van der Waals surface area contributed by atoms with Crippen molar-refractivity contribution < 1.29 is 19.1 Å². The maximum atomic E-state index is 12.9. The highest BCUT2D eigenvalue weighted by molar-refractivity contribution is 8.00. The average Bonchev–Trinajstić information content (AvgIpc) is 2.67. The van der Waals surface area contributed by atoms with E-state index >= 15 is 0 Å². The zero-order valence-electron chi connectivity index (χ0n) is 16.0. The minimum atomic E-state index is -1.09. The summed E-state index contributed by atoms with van der Waals surface area (Å²) in [5.74, 6) is -1.22. The fourth-order valence-corrected chi connectivity index (χ4v) is 3.85. The van der Waals surface area contributed by atoms with Gasteiger partial charge in [0.15, 0.2) is 6.61 Å². The normalized spacial score (nSPS) is 16.0. The first-order valence-electron chi connectivity index (χ1n) is 8.92. The number of carbonyl (C=O) groups excluding carboxylic acids is 3. The minimum Gasteiger partial charge on any atom is -0.455 e. The molecule has 0 aliphatic carbocycles. The molecule has 3 rings (SSSR count). The van der Waals surface area contributed by atoms with Crippen molar-refractivity contribution in [1.29, 1.82) is 0 Å². The fourth-order valence-electron chi connectivity index (χ4n) is 2.96. The smallest absolute Gasteiger partial charge is 0.319 e. The molecule has 0 unspecified atom stereocenters. The number of para-hydroxylation sites is 2. The third-order valence-electron chi connectivity index (χ3n) is 4.48. The lowest BCUT2D eigenvalue weighted by Crippen LogP contribution is -2.59. The topological polar surface area (TPSA) is 75.7 Å². The number of nitrogens with zero attached hydrogens (tertiary/aromatic N) is 1. The number of amides is 2. The summed E-state index contributed by atoms with van der Waals surface area (Å²) in [6.45, 7) is 4.62. The molecule has 0 saturated heterocycles. The van der Waals surface area contributed by atoms with Crippen LogP contribution in [-0.2, 0) is 19.1 Å². The van der Waals surface area contributed by atoms with Crippen molar-refractivity contribution in [1.82, 2.24) is 0 Å². The van der Waals surface area contributed by atoms with Crippen LogP contribution in [0.25, 0.3) is 0 Å². The summed E-state index contributed by atoms with van der Waals surface area (Å²) >= 11 is 1.36. The molecule has 1 aliphatic heterocycles. The maximum absolute atomic E-state index is 12.9. The van der Waals surface area contributed by atoms with Crippen molar-refractivity contribution in [3.63, 3.8) is 0 Å². The van der Waals surface area contributed by atoms with Gasteiger partial charge in [0.05, 0.1) is 11.4 Å². The molecule has 0 aromatic heterocycles. The Hall–Kier alpha value is -2.80. The molecule has 6 nitrogen and oxygen atoms in total. The summed E-state index contributed by atoms with van der Waals surface area (Å²) in [7, 11) is 0. The molecule has 1 atom stereocenters. The van der Waals surface area contributed by atoms with Crippen molar-refractivity contribution in [2.45, 2.75) is 36.5 Å². The van der Waals surface area contributed by atoms with Gasteiger partial charge < -0.3 is 10.1 Å². The zero-order chi connectivity index (χ0) is 20.3. The number of esters is 1. The number of ether oxygens (including phenoxy) is 1. The van der Waals surface area contributed by atoms with E-state index in [-0.39, 0.29) is 5.91 Å². The first kappa shape index (κ1) is 19.9. The standard InChI is InChI=1S/C21H22N2O4S/c1-14(28-15-9-5-4-6-10-15)19(25)27-13-18(24)23-17-12-8-7-11-16(17)22-20(26)21(23,2)3/h4-12,14H,13H2,1-3H3,(H,22,26)/t14-/m1/s1. The lowest BCUT2D eigenvalue weighted by molar-refractivity contribution is -0.147. The van der Waals surface area contributed by atoms with Gasteiger partial charge in [-0.25, -0.2) is 0 Å². The number of carbonyl (C=O) groups is 3. The second kappa shape index (κ2) is 8.06. The van der Waals surface area contributed by atoms with Gasteiger partial charge >= 0.3 is 5.97 Å². The first-order valence-corrected chi connectivity index (χ1v) is 9.80. The maximum Gasteiger partial charge on any atom is 0.319 e. The van der Waals surface area contributed by atoms with Crippen LogP contribution in [0.2, 0.25) is 0 Å². The second-order valence-corrected chi connectivity index (χ2v) is 8.35. The molecule has 1 N–H and O–H groups in total. The summed E-state index contributed by atoms with van der Waals surface area (Å²) in [6, 6.07) is 16.6. The van der Waals surface area contributed by atoms with Gasteiger partial charge in [0.1, 0.15) is 10.8 Å². The average molecular weight is 398 g/mol. The van der Waals surface area contributed by atoms with Crippen LogP contribution in [0.1, 0.15) is 20.8 Å². The van der Waals surface area contributed by atoms with Crippen molar-refractivity contribution in [2.24, 2.45) is 0 Å². The number of nitrogens with one attached hydrogen (secondary N) is 1. The molecule has 28 heavy (non-hydrogen) atoms. The molecule has 2 amide bonds. The molecule has 0 fully saturated rings. The van der Waals surface area contributed by atoms with E-state index in [0.29, 0.717) is 11.4 Å². The molecule has 0 bridgehead atoms. The molecule has 0 spiro atoms. The Labute approximate surface area is 168 Å². The third kappa shape index (κ3) is 4.04. The lowest BCUT2D eigenvalue weighted by atomic mass is 9.96. The Morgan fingerprint density at radius 2 is 1.75 bits per heavy atom. The lowest BCUT2D eigenvalue weighted by Gasteiger charge is -2.41. The van der Waals surface area contributed by atoms with Gasteiger partial charge in [-0.1, -0.05) is 30.3 Å². The summed E-state index contributed by atoms with van der Waals surface area (Å²) in [6.07, 6.45) is 0. The SMILES string of the molecule is C[C@@H](Sc1ccccc1)C(=O)OCC(=O)N1c2ccccc2NC(=O)C1(C)C. The summed E-state index contributed by atoms with van der Waals surface area (Å²) in [4.78, 5) is 39.9. The molecular weight excluding hydrogens is 376 g/mol. The predicted molar refractivity (Wildman–Crippen MR) is 109 cm³/mol. The van der Waals surface area contributed by atoms with Gasteiger partial charge in [-0.3, -0.25) is 19.3 Å². The van der Waals surface area contributed by atoms with Crippen LogP contribution in [-0.4, -0.2) is 35.2 Å². The van der Waals surface area contributed by atoms with E-state index in [2.05, 4.69) is 5.32 Å². The quantitative estimate of drug-likeness (QED) is 0.616. The van der Waals surface area contributed by atoms with Crippen LogP contribution >= 0.6 is 11.8 Å². The van der Waals surface area contributed by atoms with E-state index < -0.39 is 29.3 Å². The van der Waals surface area contributed by atoms with Crippen molar-refractivity contribution in [3.8, 4) is 0 Å². The third-order valence-corrected chi connectivity index (χ3v) is 5.57. The Kier molecular flexibility index (Phi) is 5.74. The van der Waals surface area contributed by atoms with E-state index in [1.54, 1.807) is 45.0 Å². The Bertz CT molecular complexity index is 898. The van der Waals surface area contributed by atoms with Crippen molar-refractivity contribution in [2.75, 3.05) is 16.8 Å². The van der Waals surface area contributed by atoms with Gasteiger partial charge in [-0.2, -0.15) is 0 Å². The van der Waals surface area contributed by atoms with Gasteiger partial charge in [0, 0.05) is 4.90 Å². The van der Waals surface area contributed by atoms with Crippen LogP contribution < -0.4 is 10.2 Å². The second-order valence-electron chi connectivity index (χ2n) is 6.94. The van der Waals surface area contributed by atoms with E-state index in [9.17, 15) is 14.4 Å². The van der Waals surface area contributed by atoms with Crippen LogP contribution in [0, 0.1) is 0 Å². The van der Waals surface area contributed by atoms with E-state index in [1.165, 1.54) is 16.7 Å². The predicted octanol–water partition coefficient (Wildman–Crippen LogP) is 3.47. The number of fused-ring (bicyclic) bond motifs is 1. The molecule has 7 heteroatoms. The number of anilines is 2. The van der Waals surface area contributed by atoms with Gasteiger partial charge in [-0.15, -0.1) is 11.8 Å². The number of hydrogen-bond donors (Lipinski definition) is 1. The van der Waals surface area contributed by atoms with Crippen LogP contribution in [0.3, 0.4) is 0 Å². The summed E-state index contributed by atoms with van der Waals surface area (Å²) in [5, 5.41) is 2.34.